The summed E-state index contributed by atoms with van der Waals surface area (Å²) in [4.78, 5) is 36.6. The highest BCUT2D eigenvalue weighted by Crippen LogP contribution is 2.22. The van der Waals surface area contributed by atoms with Crippen molar-refractivity contribution >= 4 is 17.9 Å². The fraction of sp³-hybridized carbons (Fsp3) is 0.654. The molecule has 0 aliphatic carbocycles. The largest absolute Gasteiger partial charge is 0.478 e. The van der Waals surface area contributed by atoms with Crippen molar-refractivity contribution in [2.24, 2.45) is 17.8 Å². The van der Waals surface area contributed by atoms with Crippen molar-refractivity contribution < 1.29 is 24.2 Å². The van der Waals surface area contributed by atoms with E-state index in [0.717, 1.165) is 38.5 Å². The van der Waals surface area contributed by atoms with Gasteiger partial charge < -0.3 is 9.84 Å². The normalized spacial score (nSPS) is 11.3. The molecule has 0 aliphatic heterocycles. The van der Waals surface area contributed by atoms with Gasteiger partial charge in [-0.3, -0.25) is 4.79 Å². The Hall–Kier alpha value is -2.17. The number of aromatic carboxylic acids is 1. The predicted molar refractivity (Wildman–Crippen MR) is 123 cm³/mol. The summed E-state index contributed by atoms with van der Waals surface area (Å²) in [6.45, 7) is 8.83. The first-order valence-electron chi connectivity index (χ1n) is 11.8. The van der Waals surface area contributed by atoms with Gasteiger partial charge in [-0.2, -0.15) is 0 Å². The number of benzene rings is 1. The van der Waals surface area contributed by atoms with Gasteiger partial charge in [-0.05, 0) is 36.8 Å². The number of carbonyl (C=O) groups is 3. The van der Waals surface area contributed by atoms with Crippen LogP contribution in [0.1, 0.15) is 113 Å². The van der Waals surface area contributed by atoms with E-state index >= 15 is 0 Å². The molecule has 0 bridgehead atoms. The van der Waals surface area contributed by atoms with Crippen molar-refractivity contribution in [1.29, 1.82) is 0 Å². The second-order valence-electron chi connectivity index (χ2n) is 9.32. The lowest BCUT2D eigenvalue weighted by atomic mass is 9.93. The summed E-state index contributed by atoms with van der Waals surface area (Å²) in [5, 5.41) is 9.28. The molecule has 0 unspecified atom stereocenters. The Kier molecular flexibility index (Phi) is 12.8. The van der Waals surface area contributed by atoms with Crippen LogP contribution in [0.15, 0.2) is 24.3 Å². The van der Waals surface area contributed by atoms with E-state index in [4.69, 9.17) is 4.74 Å². The molecule has 5 nitrogen and oxygen atoms in total. The van der Waals surface area contributed by atoms with Crippen LogP contribution in [0, 0.1) is 17.8 Å². The maximum absolute atomic E-state index is 12.8. The minimum Gasteiger partial charge on any atom is -0.478 e. The molecule has 0 radical (unpaired) electrons. The smallest absolute Gasteiger partial charge is 0.346 e. The van der Waals surface area contributed by atoms with E-state index < -0.39 is 17.9 Å². The van der Waals surface area contributed by atoms with Crippen molar-refractivity contribution in [3.63, 3.8) is 0 Å². The molecule has 0 saturated heterocycles. The van der Waals surface area contributed by atoms with Crippen molar-refractivity contribution in [2.45, 2.75) is 91.9 Å². The van der Waals surface area contributed by atoms with Gasteiger partial charge in [0.05, 0.1) is 17.0 Å². The molecule has 0 heterocycles. The zero-order valence-electron chi connectivity index (χ0n) is 19.7. The molecule has 0 fully saturated rings. The van der Waals surface area contributed by atoms with E-state index in [2.05, 4.69) is 27.7 Å². The summed E-state index contributed by atoms with van der Waals surface area (Å²) in [6.07, 6.45) is 10.0. The summed E-state index contributed by atoms with van der Waals surface area (Å²) >= 11 is 0. The molecule has 1 rings (SSSR count). The van der Waals surface area contributed by atoms with E-state index in [9.17, 15) is 19.5 Å². The molecule has 0 atom stereocenters. The van der Waals surface area contributed by atoms with E-state index in [-0.39, 0.29) is 17.0 Å². The van der Waals surface area contributed by atoms with Crippen LogP contribution < -0.4 is 0 Å². The Bertz CT molecular complexity index is 675. The summed E-state index contributed by atoms with van der Waals surface area (Å²) in [5.41, 5.74) is -0.241. The summed E-state index contributed by atoms with van der Waals surface area (Å²) < 4.78 is 5.14. The number of unbranched alkanes of at least 4 members (excludes halogenated alkanes) is 4. The zero-order valence-corrected chi connectivity index (χ0v) is 19.7. The third-order valence-corrected chi connectivity index (χ3v) is 5.57. The first-order chi connectivity index (χ1) is 14.7. The van der Waals surface area contributed by atoms with Crippen LogP contribution in [-0.4, -0.2) is 23.0 Å². The monoisotopic (exact) mass is 432 g/mol. The maximum Gasteiger partial charge on any atom is 0.346 e. The van der Waals surface area contributed by atoms with Gasteiger partial charge in [-0.25, -0.2) is 9.59 Å². The van der Waals surface area contributed by atoms with Crippen LogP contribution in [0.4, 0.5) is 0 Å². The molecular weight excluding hydrogens is 392 g/mol. The molecule has 1 aromatic rings. The Morgan fingerprint density at radius 3 is 1.65 bits per heavy atom. The molecule has 174 valence electrons. The lowest BCUT2D eigenvalue weighted by Gasteiger charge is -2.16. The summed E-state index contributed by atoms with van der Waals surface area (Å²) in [6, 6.07) is 5.82. The van der Waals surface area contributed by atoms with E-state index in [1.54, 1.807) is 12.1 Å². The second kappa shape index (κ2) is 14.8. The number of hydrogen-bond acceptors (Lipinski definition) is 4. The number of carbonyl (C=O) groups excluding carboxylic acids is 2. The fourth-order valence-corrected chi connectivity index (χ4v) is 3.70. The number of hydrogen-bond donors (Lipinski definition) is 1. The van der Waals surface area contributed by atoms with Crippen molar-refractivity contribution in [3.8, 4) is 0 Å². The van der Waals surface area contributed by atoms with Crippen LogP contribution in [0.5, 0.6) is 0 Å². The summed E-state index contributed by atoms with van der Waals surface area (Å²) in [5.74, 6) is -1.60. The topological polar surface area (TPSA) is 80.7 Å². The Labute approximate surface area is 187 Å². The lowest BCUT2D eigenvalue weighted by Crippen LogP contribution is -2.23. The van der Waals surface area contributed by atoms with Gasteiger partial charge in [-0.15, -0.1) is 0 Å². The van der Waals surface area contributed by atoms with E-state index in [1.165, 1.54) is 25.0 Å². The van der Waals surface area contributed by atoms with E-state index in [1.807, 2.05) is 0 Å². The third-order valence-electron chi connectivity index (χ3n) is 5.57. The average Bonchev–Trinajstić information content (AvgIpc) is 2.71. The highest BCUT2D eigenvalue weighted by atomic mass is 16.6. The van der Waals surface area contributed by atoms with Crippen molar-refractivity contribution in [2.75, 3.05) is 0 Å². The SMILES string of the molecule is CC(C)CCCCCC(CCCCCC(C)C)C(=O)OC(=O)c1ccccc1C(=O)O. The van der Waals surface area contributed by atoms with Crippen LogP contribution >= 0.6 is 0 Å². The van der Waals surface area contributed by atoms with Crippen LogP contribution in [0.25, 0.3) is 0 Å². The minimum atomic E-state index is -1.22. The number of rotatable bonds is 15. The first-order valence-corrected chi connectivity index (χ1v) is 11.8. The predicted octanol–water partition coefficient (Wildman–Crippen LogP) is 6.90. The Morgan fingerprint density at radius 1 is 0.742 bits per heavy atom. The minimum absolute atomic E-state index is 0.0871. The molecule has 0 aromatic heterocycles. The molecule has 1 N–H and O–H groups in total. The van der Waals surface area contributed by atoms with Crippen molar-refractivity contribution in [3.05, 3.63) is 35.4 Å². The highest BCUT2D eigenvalue weighted by molar-refractivity contribution is 6.05. The van der Waals surface area contributed by atoms with Gasteiger partial charge in [0.2, 0.25) is 0 Å². The van der Waals surface area contributed by atoms with Crippen LogP contribution in [0.3, 0.4) is 0 Å². The van der Waals surface area contributed by atoms with Gasteiger partial charge in [0.25, 0.3) is 0 Å². The number of ether oxygens (including phenoxy) is 1. The fourth-order valence-electron chi connectivity index (χ4n) is 3.70. The van der Waals surface area contributed by atoms with Crippen LogP contribution in [0.2, 0.25) is 0 Å². The quantitative estimate of drug-likeness (QED) is 0.185. The molecule has 0 saturated carbocycles. The van der Waals surface area contributed by atoms with Crippen molar-refractivity contribution in [1.82, 2.24) is 0 Å². The standard InChI is InChI=1S/C26H40O5/c1-19(2)13-7-5-9-15-21(16-10-6-8-14-20(3)4)25(29)31-26(30)23-18-12-11-17-22(23)24(27)28/h11-12,17-21H,5-10,13-16H2,1-4H3,(H,27,28). The number of carboxylic acid groups (broad SMARTS) is 1. The van der Waals surface area contributed by atoms with E-state index in [0.29, 0.717) is 24.7 Å². The zero-order chi connectivity index (χ0) is 23.2. The summed E-state index contributed by atoms with van der Waals surface area (Å²) in [7, 11) is 0. The van der Waals surface area contributed by atoms with Gasteiger partial charge in [0, 0.05) is 0 Å². The molecule has 31 heavy (non-hydrogen) atoms. The molecular formula is C26H40O5. The van der Waals surface area contributed by atoms with Crippen LogP contribution in [-0.2, 0) is 9.53 Å². The Morgan fingerprint density at radius 2 is 1.19 bits per heavy atom. The van der Waals surface area contributed by atoms with Gasteiger partial charge >= 0.3 is 17.9 Å². The molecule has 1 aromatic carbocycles. The first kappa shape index (κ1) is 26.9. The van der Waals surface area contributed by atoms with Gasteiger partial charge in [0.15, 0.2) is 0 Å². The lowest BCUT2D eigenvalue weighted by molar-refractivity contribution is -0.143. The molecule has 0 amide bonds. The second-order valence-corrected chi connectivity index (χ2v) is 9.32. The maximum atomic E-state index is 12.8. The molecule has 0 aliphatic rings. The molecule has 0 spiro atoms. The van der Waals surface area contributed by atoms with Gasteiger partial charge in [0.1, 0.15) is 0 Å². The Balaban J connectivity index is 2.67. The highest BCUT2D eigenvalue weighted by Gasteiger charge is 2.25. The number of esters is 2. The number of carboxylic acids is 1. The molecule has 5 heteroatoms. The average molecular weight is 433 g/mol. The third kappa shape index (κ3) is 11.1. The van der Waals surface area contributed by atoms with Gasteiger partial charge in [-0.1, -0.05) is 91.2 Å².